The van der Waals surface area contributed by atoms with Crippen LogP contribution >= 0.6 is 0 Å². The summed E-state index contributed by atoms with van der Waals surface area (Å²) >= 11 is 0. The maximum atomic E-state index is 12.3. The number of ether oxygens (including phenoxy) is 2. The zero-order valence-electron chi connectivity index (χ0n) is 14.5. The maximum absolute atomic E-state index is 12.3. The lowest BCUT2D eigenvalue weighted by atomic mass is 10.1. The van der Waals surface area contributed by atoms with Gasteiger partial charge in [0.05, 0.1) is 7.11 Å². The van der Waals surface area contributed by atoms with E-state index in [1.807, 2.05) is 24.0 Å². The van der Waals surface area contributed by atoms with E-state index in [2.05, 4.69) is 24.0 Å². The van der Waals surface area contributed by atoms with Gasteiger partial charge in [0.25, 0.3) is 0 Å². The van der Waals surface area contributed by atoms with Crippen LogP contribution in [0.2, 0.25) is 0 Å². The van der Waals surface area contributed by atoms with E-state index in [9.17, 15) is 4.79 Å². The number of anilines is 1. The second-order valence-electron chi connectivity index (χ2n) is 5.88. The SMILES string of the molecule is CCOCCCC(=O)N1CCN(c2cccc(OC)c2)[C@@H](C)C1. The molecule has 1 aliphatic rings. The van der Waals surface area contributed by atoms with Crippen molar-refractivity contribution in [3.8, 4) is 5.75 Å². The molecule has 0 radical (unpaired) electrons. The molecule has 1 aromatic rings. The minimum atomic E-state index is 0.238. The van der Waals surface area contributed by atoms with Gasteiger partial charge in [0.2, 0.25) is 5.91 Å². The summed E-state index contributed by atoms with van der Waals surface area (Å²) in [5.41, 5.74) is 1.15. The van der Waals surface area contributed by atoms with E-state index in [0.29, 0.717) is 25.7 Å². The second-order valence-corrected chi connectivity index (χ2v) is 5.88. The molecule has 1 aromatic carbocycles. The third kappa shape index (κ3) is 4.86. The van der Waals surface area contributed by atoms with Gasteiger partial charge in [-0.1, -0.05) is 6.07 Å². The van der Waals surface area contributed by atoms with Crippen molar-refractivity contribution < 1.29 is 14.3 Å². The van der Waals surface area contributed by atoms with Crippen LogP contribution in [0.15, 0.2) is 24.3 Å². The molecular formula is C18H28N2O3. The number of methoxy groups -OCH3 is 1. The van der Waals surface area contributed by atoms with Crippen LogP contribution in [0.1, 0.15) is 26.7 Å². The van der Waals surface area contributed by atoms with E-state index < -0.39 is 0 Å². The molecule has 5 nitrogen and oxygen atoms in total. The Morgan fingerprint density at radius 1 is 1.35 bits per heavy atom. The van der Waals surface area contributed by atoms with Crippen LogP contribution < -0.4 is 9.64 Å². The molecule has 1 amide bonds. The minimum absolute atomic E-state index is 0.238. The third-order valence-corrected chi connectivity index (χ3v) is 4.25. The number of piperazine rings is 1. The van der Waals surface area contributed by atoms with Crippen molar-refractivity contribution >= 4 is 11.6 Å². The van der Waals surface area contributed by atoms with Gasteiger partial charge in [-0.25, -0.2) is 0 Å². The highest BCUT2D eigenvalue weighted by Gasteiger charge is 2.26. The number of carbonyl (C=O) groups excluding carboxylic acids is 1. The van der Waals surface area contributed by atoms with Crippen molar-refractivity contribution in [2.24, 2.45) is 0 Å². The summed E-state index contributed by atoms with van der Waals surface area (Å²) in [6.07, 6.45) is 1.38. The normalized spacial score (nSPS) is 18.1. The number of hydrogen-bond acceptors (Lipinski definition) is 4. The van der Waals surface area contributed by atoms with Gasteiger partial charge in [0.1, 0.15) is 5.75 Å². The first-order valence-electron chi connectivity index (χ1n) is 8.42. The van der Waals surface area contributed by atoms with Gasteiger partial charge < -0.3 is 19.3 Å². The van der Waals surface area contributed by atoms with Crippen molar-refractivity contribution in [3.63, 3.8) is 0 Å². The number of hydrogen-bond donors (Lipinski definition) is 0. The Labute approximate surface area is 139 Å². The zero-order chi connectivity index (χ0) is 16.7. The lowest BCUT2D eigenvalue weighted by molar-refractivity contribution is -0.132. The van der Waals surface area contributed by atoms with Crippen LogP contribution in [0.25, 0.3) is 0 Å². The van der Waals surface area contributed by atoms with Crippen LogP contribution in [0.4, 0.5) is 5.69 Å². The van der Waals surface area contributed by atoms with Crippen LogP contribution in [0.3, 0.4) is 0 Å². The molecule has 0 saturated carbocycles. The largest absolute Gasteiger partial charge is 0.497 e. The Hall–Kier alpha value is -1.75. The lowest BCUT2D eigenvalue weighted by Crippen LogP contribution is -2.53. The van der Waals surface area contributed by atoms with Gasteiger partial charge in [0.15, 0.2) is 0 Å². The average Bonchev–Trinajstić information content (AvgIpc) is 2.58. The van der Waals surface area contributed by atoms with Gasteiger partial charge in [-0.3, -0.25) is 4.79 Å². The standard InChI is InChI=1S/C18H28N2O3/c1-4-23-12-6-9-18(21)19-10-11-20(15(2)14-19)16-7-5-8-17(13-16)22-3/h5,7-8,13,15H,4,6,9-12,14H2,1-3H3/t15-/m0/s1. The molecule has 1 saturated heterocycles. The van der Waals surface area contributed by atoms with Gasteiger partial charge in [-0.15, -0.1) is 0 Å². The van der Waals surface area contributed by atoms with E-state index in [-0.39, 0.29) is 5.91 Å². The summed E-state index contributed by atoms with van der Waals surface area (Å²) in [6, 6.07) is 8.40. The molecule has 1 atom stereocenters. The molecule has 1 heterocycles. The fraction of sp³-hybridized carbons (Fsp3) is 0.611. The third-order valence-electron chi connectivity index (χ3n) is 4.25. The zero-order valence-corrected chi connectivity index (χ0v) is 14.5. The topological polar surface area (TPSA) is 42.0 Å². The van der Waals surface area contributed by atoms with Gasteiger partial charge in [-0.05, 0) is 32.4 Å². The van der Waals surface area contributed by atoms with Crippen molar-refractivity contribution in [1.82, 2.24) is 4.90 Å². The number of benzene rings is 1. The van der Waals surface area contributed by atoms with E-state index in [0.717, 1.165) is 37.5 Å². The lowest BCUT2D eigenvalue weighted by Gasteiger charge is -2.41. The summed E-state index contributed by atoms with van der Waals surface area (Å²) in [6.45, 7) is 7.91. The molecule has 0 bridgehead atoms. The predicted octanol–water partition coefficient (Wildman–Crippen LogP) is 2.55. The Bertz CT molecular complexity index is 507. The Kier molecular flexibility index (Phi) is 6.71. The highest BCUT2D eigenvalue weighted by Crippen LogP contribution is 2.25. The van der Waals surface area contributed by atoms with Crippen molar-refractivity contribution in [1.29, 1.82) is 0 Å². The quantitative estimate of drug-likeness (QED) is 0.724. The summed E-state index contributed by atoms with van der Waals surface area (Å²) in [5, 5.41) is 0. The molecule has 2 rings (SSSR count). The van der Waals surface area contributed by atoms with Crippen LogP contribution in [0, 0.1) is 0 Å². The minimum Gasteiger partial charge on any atom is -0.497 e. The van der Waals surface area contributed by atoms with Crippen LogP contribution in [-0.2, 0) is 9.53 Å². The number of rotatable bonds is 7. The number of carbonyl (C=O) groups is 1. The highest BCUT2D eigenvalue weighted by molar-refractivity contribution is 5.76. The summed E-state index contributed by atoms with van der Waals surface area (Å²) < 4.78 is 10.6. The molecule has 128 valence electrons. The molecule has 0 spiro atoms. The van der Waals surface area contributed by atoms with Gasteiger partial charge in [-0.2, -0.15) is 0 Å². The first kappa shape index (κ1) is 17.6. The van der Waals surface area contributed by atoms with E-state index in [1.165, 1.54) is 0 Å². The Morgan fingerprint density at radius 3 is 2.87 bits per heavy atom. The Balaban J connectivity index is 1.87. The van der Waals surface area contributed by atoms with Crippen LogP contribution in [-0.4, -0.2) is 56.8 Å². The summed E-state index contributed by atoms with van der Waals surface area (Å²) in [4.78, 5) is 16.6. The molecule has 0 N–H and O–H groups in total. The second kappa shape index (κ2) is 8.77. The average molecular weight is 320 g/mol. The van der Waals surface area contributed by atoms with E-state index in [4.69, 9.17) is 9.47 Å². The molecule has 1 aliphatic heterocycles. The maximum Gasteiger partial charge on any atom is 0.222 e. The van der Waals surface area contributed by atoms with Crippen molar-refractivity contribution in [2.45, 2.75) is 32.7 Å². The predicted molar refractivity (Wildman–Crippen MR) is 92.1 cm³/mol. The molecule has 1 fully saturated rings. The first-order chi connectivity index (χ1) is 11.2. The molecule has 5 heteroatoms. The molecule has 0 aliphatic carbocycles. The summed E-state index contributed by atoms with van der Waals surface area (Å²) in [7, 11) is 1.68. The van der Waals surface area contributed by atoms with Gasteiger partial charge >= 0.3 is 0 Å². The van der Waals surface area contributed by atoms with E-state index in [1.54, 1.807) is 7.11 Å². The smallest absolute Gasteiger partial charge is 0.222 e. The molecule has 0 unspecified atom stereocenters. The number of amides is 1. The van der Waals surface area contributed by atoms with Gasteiger partial charge in [0, 0.05) is 57.1 Å². The van der Waals surface area contributed by atoms with Crippen LogP contribution in [0.5, 0.6) is 5.75 Å². The number of nitrogens with zero attached hydrogens (tertiary/aromatic N) is 2. The fourth-order valence-corrected chi connectivity index (χ4v) is 2.98. The molecule has 0 aromatic heterocycles. The summed E-state index contributed by atoms with van der Waals surface area (Å²) in [5.74, 6) is 1.10. The van der Waals surface area contributed by atoms with E-state index >= 15 is 0 Å². The monoisotopic (exact) mass is 320 g/mol. The van der Waals surface area contributed by atoms with Crippen molar-refractivity contribution in [3.05, 3.63) is 24.3 Å². The fourth-order valence-electron chi connectivity index (χ4n) is 2.98. The van der Waals surface area contributed by atoms with Crippen molar-refractivity contribution in [2.75, 3.05) is 44.9 Å². The molecular weight excluding hydrogens is 292 g/mol. The Morgan fingerprint density at radius 2 is 2.17 bits per heavy atom. The highest BCUT2D eigenvalue weighted by atomic mass is 16.5. The first-order valence-corrected chi connectivity index (χ1v) is 8.42. The molecule has 23 heavy (non-hydrogen) atoms.